The van der Waals surface area contributed by atoms with Crippen molar-refractivity contribution < 1.29 is 9.32 Å². The monoisotopic (exact) mass is 370 g/mol. The number of aromatic nitrogens is 3. The lowest BCUT2D eigenvalue weighted by Gasteiger charge is -2.32. The highest BCUT2D eigenvalue weighted by Gasteiger charge is 2.25. The summed E-state index contributed by atoms with van der Waals surface area (Å²) in [7, 11) is 0. The van der Waals surface area contributed by atoms with Gasteiger partial charge in [-0.3, -0.25) is 9.59 Å². The van der Waals surface area contributed by atoms with Crippen LogP contribution in [0.2, 0.25) is 0 Å². The molecule has 7 heteroatoms. The van der Waals surface area contributed by atoms with Crippen molar-refractivity contribution in [3.8, 4) is 0 Å². The largest absolute Gasteiger partial charge is 0.361 e. The number of hydrogen-bond donors (Lipinski definition) is 0. The molecular weight excluding hydrogens is 344 g/mol. The van der Waals surface area contributed by atoms with E-state index in [9.17, 15) is 9.59 Å². The molecule has 1 saturated heterocycles. The zero-order valence-electron chi connectivity index (χ0n) is 16.0. The van der Waals surface area contributed by atoms with Gasteiger partial charge in [-0.05, 0) is 57.4 Å². The van der Waals surface area contributed by atoms with Crippen LogP contribution in [0.3, 0.4) is 0 Å². The summed E-state index contributed by atoms with van der Waals surface area (Å²) in [6.07, 6.45) is 5.19. The molecule has 1 aliphatic carbocycles. The molecule has 7 nitrogen and oxygen atoms in total. The predicted octanol–water partition coefficient (Wildman–Crippen LogP) is 1.82. The van der Waals surface area contributed by atoms with Crippen LogP contribution in [0.5, 0.6) is 0 Å². The van der Waals surface area contributed by atoms with E-state index >= 15 is 0 Å². The molecule has 0 radical (unpaired) electrons. The first-order valence-corrected chi connectivity index (χ1v) is 9.80. The van der Waals surface area contributed by atoms with Gasteiger partial charge in [0.25, 0.3) is 5.56 Å². The van der Waals surface area contributed by atoms with E-state index in [0.717, 1.165) is 73.5 Å². The number of carbonyl (C=O) groups is 1. The van der Waals surface area contributed by atoms with E-state index in [4.69, 9.17) is 4.52 Å². The Morgan fingerprint density at radius 2 is 2.04 bits per heavy atom. The molecule has 0 unspecified atom stereocenters. The van der Waals surface area contributed by atoms with Crippen molar-refractivity contribution in [2.24, 2.45) is 5.92 Å². The van der Waals surface area contributed by atoms with Gasteiger partial charge in [0.1, 0.15) is 5.76 Å². The molecule has 0 aromatic carbocycles. The molecule has 2 aliphatic rings. The van der Waals surface area contributed by atoms with Gasteiger partial charge in [0, 0.05) is 31.3 Å². The Labute approximate surface area is 158 Å². The van der Waals surface area contributed by atoms with E-state index in [0.29, 0.717) is 18.9 Å². The Balaban J connectivity index is 1.34. The van der Waals surface area contributed by atoms with Gasteiger partial charge in [0.2, 0.25) is 5.91 Å². The second-order valence-electron chi connectivity index (χ2n) is 7.79. The molecule has 1 amide bonds. The molecule has 0 N–H and O–H groups in total. The number of amides is 1. The number of fused-ring (bicyclic) bond motifs is 1. The van der Waals surface area contributed by atoms with Crippen molar-refractivity contribution in [2.45, 2.75) is 58.9 Å². The number of hydrogen-bond acceptors (Lipinski definition) is 5. The highest BCUT2D eigenvalue weighted by Crippen LogP contribution is 2.22. The van der Waals surface area contributed by atoms with E-state index in [-0.39, 0.29) is 11.5 Å². The average Bonchev–Trinajstić information content (AvgIpc) is 3.23. The Bertz CT molecular complexity index is 887. The molecule has 144 valence electrons. The standard InChI is InChI=1S/C20H26N4O3/c1-13-17(14(2)27-22-13)11-19(25)23-8-6-15(7-9-23)12-24-20(26)10-16-4-3-5-18(16)21-24/h10,15H,3-9,11-12H2,1-2H3. The van der Waals surface area contributed by atoms with Crippen molar-refractivity contribution in [1.29, 1.82) is 0 Å². The Morgan fingerprint density at radius 3 is 2.74 bits per heavy atom. The van der Waals surface area contributed by atoms with Gasteiger partial charge in [-0.15, -0.1) is 0 Å². The zero-order valence-corrected chi connectivity index (χ0v) is 16.0. The summed E-state index contributed by atoms with van der Waals surface area (Å²) in [6.45, 7) is 5.82. The lowest BCUT2D eigenvalue weighted by atomic mass is 9.96. The molecule has 0 spiro atoms. The summed E-state index contributed by atoms with van der Waals surface area (Å²) in [4.78, 5) is 26.8. The van der Waals surface area contributed by atoms with Gasteiger partial charge in [-0.1, -0.05) is 5.16 Å². The predicted molar refractivity (Wildman–Crippen MR) is 99.5 cm³/mol. The van der Waals surface area contributed by atoms with Crippen molar-refractivity contribution >= 4 is 5.91 Å². The smallest absolute Gasteiger partial charge is 0.267 e. The van der Waals surface area contributed by atoms with Crippen LogP contribution in [-0.4, -0.2) is 38.8 Å². The summed E-state index contributed by atoms with van der Waals surface area (Å²) in [5.41, 5.74) is 3.90. The third-order valence-corrected chi connectivity index (χ3v) is 5.93. The lowest BCUT2D eigenvalue weighted by molar-refractivity contribution is -0.131. The molecule has 4 rings (SSSR count). The Hall–Kier alpha value is -2.44. The number of likely N-dealkylation sites (tertiary alicyclic amines) is 1. The van der Waals surface area contributed by atoms with E-state index < -0.39 is 0 Å². The summed E-state index contributed by atoms with van der Waals surface area (Å²) >= 11 is 0. The lowest BCUT2D eigenvalue weighted by Crippen LogP contribution is -2.41. The van der Waals surface area contributed by atoms with Gasteiger partial charge in [-0.2, -0.15) is 5.10 Å². The van der Waals surface area contributed by atoms with Crippen LogP contribution >= 0.6 is 0 Å². The second kappa shape index (κ2) is 7.29. The molecule has 2 aromatic rings. The van der Waals surface area contributed by atoms with Crippen LogP contribution in [-0.2, 0) is 30.6 Å². The third-order valence-electron chi connectivity index (χ3n) is 5.93. The van der Waals surface area contributed by atoms with Crippen molar-refractivity contribution in [2.75, 3.05) is 13.1 Å². The van der Waals surface area contributed by atoms with Gasteiger partial charge in [0.05, 0.1) is 17.8 Å². The number of aryl methyl sites for hydroxylation is 4. The van der Waals surface area contributed by atoms with E-state index in [2.05, 4.69) is 10.3 Å². The summed E-state index contributed by atoms with van der Waals surface area (Å²) in [5.74, 6) is 1.23. The topological polar surface area (TPSA) is 81.2 Å². The van der Waals surface area contributed by atoms with Crippen LogP contribution in [0.15, 0.2) is 15.4 Å². The van der Waals surface area contributed by atoms with Gasteiger partial charge in [0.15, 0.2) is 0 Å². The zero-order chi connectivity index (χ0) is 19.0. The summed E-state index contributed by atoms with van der Waals surface area (Å²) < 4.78 is 6.78. The molecule has 2 aromatic heterocycles. The number of piperidine rings is 1. The maximum atomic E-state index is 12.6. The number of carbonyl (C=O) groups excluding carboxylic acids is 1. The van der Waals surface area contributed by atoms with Crippen LogP contribution in [0.4, 0.5) is 0 Å². The Morgan fingerprint density at radius 1 is 1.26 bits per heavy atom. The molecular formula is C20H26N4O3. The van der Waals surface area contributed by atoms with Gasteiger partial charge in [-0.25, -0.2) is 4.68 Å². The first-order valence-electron chi connectivity index (χ1n) is 9.80. The number of rotatable bonds is 4. The van der Waals surface area contributed by atoms with Crippen LogP contribution in [0.25, 0.3) is 0 Å². The minimum absolute atomic E-state index is 0.00700. The van der Waals surface area contributed by atoms with Crippen LogP contribution < -0.4 is 5.56 Å². The van der Waals surface area contributed by atoms with Crippen molar-refractivity contribution in [1.82, 2.24) is 19.8 Å². The molecule has 0 saturated carbocycles. The first-order chi connectivity index (χ1) is 13.0. The highest BCUT2D eigenvalue weighted by molar-refractivity contribution is 5.79. The van der Waals surface area contributed by atoms with E-state index in [1.54, 1.807) is 10.7 Å². The molecule has 1 aliphatic heterocycles. The van der Waals surface area contributed by atoms with Crippen LogP contribution in [0, 0.1) is 19.8 Å². The van der Waals surface area contributed by atoms with E-state index in [1.807, 2.05) is 18.7 Å². The molecule has 27 heavy (non-hydrogen) atoms. The third kappa shape index (κ3) is 3.68. The maximum Gasteiger partial charge on any atom is 0.267 e. The minimum Gasteiger partial charge on any atom is -0.361 e. The fraction of sp³-hybridized carbons (Fsp3) is 0.600. The second-order valence-corrected chi connectivity index (χ2v) is 7.79. The summed E-state index contributed by atoms with van der Waals surface area (Å²) in [6, 6.07) is 1.76. The summed E-state index contributed by atoms with van der Waals surface area (Å²) in [5, 5.41) is 8.50. The molecule has 3 heterocycles. The normalized spacial score (nSPS) is 17.3. The van der Waals surface area contributed by atoms with E-state index in [1.165, 1.54) is 0 Å². The maximum absolute atomic E-state index is 12.6. The SMILES string of the molecule is Cc1noc(C)c1CC(=O)N1CCC(Cn2nc3c(cc2=O)CCC3)CC1. The fourth-order valence-electron chi connectivity index (χ4n) is 4.20. The van der Waals surface area contributed by atoms with Gasteiger partial charge >= 0.3 is 0 Å². The molecule has 0 bridgehead atoms. The molecule has 1 fully saturated rings. The number of nitrogens with zero attached hydrogens (tertiary/aromatic N) is 4. The highest BCUT2D eigenvalue weighted by atomic mass is 16.5. The van der Waals surface area contributed by atoms with Crippen molar-refractivity contribution in [3.05, 3.63) is 44.7 Å². The van der Waals surface area contributed by atoms with Crippen LogP contribution in [0.1, 0.15) is 47.5 Å². The Kier molecular flexibility index (Phi) is 4.85. The average molecular weight is 370 g/mol. The fourth-order valence-corrected chi connectivity index (χ4v) is 4.20. The minimum atomic E-state index is 0.00700. The first kappa shape index (κ1) is 17.9. The van der Waals surface area contributed by atoms with Gasteiger partial charge < -0.3 is 9.42 Å². The quantitative estimate of drug-likeness (QED) is 0.820. The van der Waals surface area contributed by atoms with Crippen molar-refractivity contribution in [3.63, 3.8) is 0 Å². The molecule has 0 atom stereocenters.